The highest BCUT2D eigenvalue weighted by atomic mass is 19.1. The molecule has 0 atom stereocenters. The lowest BCUT2D eigenvalue weighted by atomic mass is 10.0. The Morgan fingerprint density at radius 3 is 2.66 bits per heavy atom. The molecule has 1 aromatic heterocycles. The van der Waals surface area contributed by atoms with Crippen molar-refractivity contribution in [1.29, 1.82) is 0 Å². The zero-order valence-corrected chi connectivity index (χ0v) is 15.9. The van der Waals surface area contributed by atoms with E-state index < -0.39 is 5.54 Å². The molecule has 0 saturated heterocycles. The zero-order valence-electron chi connectivity index (χ0n) is 15.9. The molecule has 1 aliphatic carbocycles. The monoisotopic (exact) mass is 391 g/mol. The van der Waals surface area contributed by atoms with Gasteiger partial charge in [-0.05, 0) is 48.7 Å². The van der Waals surface area contributed by atoms with Crippen LogP contribution in [0.1, 0.15) is 29.7 Å². The minimum absolute atomic E-state index is 0.289. The molecule has 0 unspecified atom stereocenters. The first kappa shape index (κ1) is 18.9. The van der Waals surface area contributed by atoms with Gasteiger partial charge in [0.25, 0.3) is 0 Å². The quantitative estimate of drug-likeness (QED) is 0.632. The molecule has 148 valence electrons. The number of nitrogens with one attached hydrogen (secondary N) is 2. The van der Waals surface area contributed by atoms with Crippen molar-refractivity contribution in [2.75, 3.05) is 0 Å². The molecule has 2 aromatic carbocycles. The Kier molecular flexibility index (Phi) is 5.42. The Bertz CT molecular complexity index is 990. The molecular formula is C23H22FN3O2. The average molecular weight is 391 g/mol. The zero-order chi connectivity index (χ0) is 20.1. The highest BCUT2D eigenvalue weighted by molar-refractivity contribution is 5.75. The predicted octanol–water partition coefficient (Wildman–Crippen LogP) is 4.29. The van der Waals surface area contributed by atoms with Crippen molar-refractivity contribution in [3.8, 4) is 5.75 Å². The highest BCUT2D eigenvalue weighted by Crippen LogP contribution is 2.46. The molecule has 0 bridgehead atoms. The van der Waals surface area contributed by atoms with Gasteiger partial charge in [-0.15, -0.1) is 0 Å². The smallest absolute Gasteiger partial charge is 0.315 e. The van der Waals surface area contributed by atoms with Crippen molar-refractivity contribution < 1.29 is 13.9 Å². The molecule has 1 heterocycles. The summed E-state index contributed by atoms with van der Waals surface area (Å²) in [5.74, 6) is 0.420. The van der Waals surface area contributed by atoms with Crippen molar-refractivity contribution in [1.82, 2.24) is 15.6 Å². The summed E-state index contributed by atoms with van der Waals surface area (Å²) in [6.45, 7) is 0.726. The average Bonchev–Trinajstić information content (AvgIpc) is 3.52. The number of aromatic nitrogens is 1. The van der Waals surface area contributed by atoms with Crippen LogP contribution in [0.3, 0.4) is 0 Å². The van der Waals surface area contributed by atoms with Gasteiger partial charge >= 0.3 is 6.03 Å². The second kappa shape index (κ2) is 8.31. The number of amides is 2. The molecule has 1 saturated carbocycles. The summed E-state index contributed by atoms with van der Waals surface area (Å²) in [6.07, 6.45) is 3.20. The van der Waals surface area contributed by atoms with E-state index in [2.05, 4.69) is 15.6 Å². The van der Waals surface area contributed by atoms with E-state index in [0.29, 0.717) is 24.5 Å². The minimum atomic E-state index is -0.594. The molecule has 2 amide bonds. The van der Waals surface area contributed by atoms with E-state index in [4.69, 9.17) is 4.74 Å². The van der Waals surface area contributed by atoms with E-state index in [1.807, 2.05) is 42.5 Å². The Balaban J connectivity index is 1.31. The number of carbonyl (C=O) groups excluding carboxylic acids is 1. The fraction of sp³-hybridized carbons (Fsp3) is 0.217. The molecule has 1 fully saturated rings. The van der Waals surface area contributed by atoms with Crippen molar-refractivity contribution in [2.24, 2.45) is 0 Å². The summed E-state index contributed by atoms with van der Waals surface area (Å²) in [5.41, 5.74) is 1.70. The molecule has 0 radical (unpaired) electrons. The summed E-state index contributed by atoms with van der Waals surface area (Å²) < 4.78 is 19.8. The molecule has 4 rings (SSSR count). The second-order valence-corrected chi connectivity index (χ2v) is 7.13. The fourth-order valence-corrected chi connectivity index (χ4v) is 3.27. The van der Waals surface area contributed by atoms with Gasteiger partial charge in [0, 0.05) is 18.3 Å². The fourth-order valence-electron chi connectivity index (χ4n) is 3.27. The van der Waals surface area contributed by atoms with Crippen molar-refractivity contribution in [2.45, 2.75) is 31.5 Å². The van der Waals surface area contributed by atoms with Crippen molar-refractivity contribution in [3.63, 3.8) is 0 Å². The second-order valence-electron chi connectivity index (χ2n) is 7.13. The first-order valence-corrected chi connectivity index (χ1v) is 9.57. The molecular weight excluding hydrogens is 369 g/mol. The lowest BCUT2D eigenvalue weighted by Crippen LogP contribution is -2.42. The van der Waals surface area contributed by atoms with Crippen LogP contribution in [-0.4, -0.2) is 11.0 Å². The van der Waals surface area contributed by atoms with Gasteiger partial charge in [0.15, 0.2) is 0 Å². The number of nitrogens with zero attached hydrogens (tertiary/aromatic N) is 1. The summed E-state index contributed by atoms with van der Waals surface area (Å²) in [4.78, 5) is 16.6. The molecule has 0 aliphatic heterocycles. The van der Waals surface area contributed by atoms with Crippen molar-refractivity contribution >= 4 is 6.03 Å². The third kappa shape index (κ3) is 4.71. The lowest BCUT2D eigenvalue weighted by Gasteiger charge is -2.19. The van der Waals surface area contributed by atoms with E-state index in [1.54, 1.807) is 24.4 Å². The van der Waals surface area contributed by atoms with E-state index in [9.17, 15) is 9.18 Å². The molecule has 2 N–H and O–H groups in total. The van der Waals surface area contributed by atoms with Gasteiger partial charge in [-0.1, -0.05) is 36.4 Å². The van der Waals surface area contributed by atoms with Crippen LogP contribution in [0.25, 0.3) is 0 Å². The van der Waals surface area contributed by atoms with Crippen LogP contribution in [0.2, 0.25) is 0 Å². The summed E-state index contributed by atoms with van der Waals surface area (Å²) in [7, 11) is 0. The Hall–Kier alpha value is -3.41. The number of benzene rings is 2. The van der Waals surface area contributed by atoms with Crippen LogP contribution in [-0.2, 0) is 18.7 Å². The normalized spacial score (nSPS) is 14.1. The summed E-state index contributed by atoms with van der Waals surface area (Å²) in [5, 5.41) is 5.77. The maximum atomic E-state index is 14.1. The van der Waals surface area contributed by atoms with Crippen LogP contribution in [0, 0.1) is 5.82 Å². The third-order valence-electron chi connectivity index (χ3n) is 4.96. The molecule has 6 heteroatoms. The SMILES string of the molecule is O=C(NCc1cccc(OCc2ccccn2)c1)NC1(c2ccccc2F)CC1. The molecule has 3 aromatic rings. The predicted molar refractivity (Wildman–Crippen MR) is 108 cm³/mol. The van der Waals surface area contributed by atoms with E-state index >= 15 is 0 Å². The van der Waals surface area contributed by atoms with E-state index in [-0.39, 0.29) is 11.8 Å². The number of halogens is 1. The maximum absolute atomic E-state index is 14.1. The third-order valence-corrected chi connectivity index (χ3v) is 4.96. The van der Waals surface area contributed by atoms with Gasteiger partial charge in [0.2, 0.25) is 0 Å². The number of hydrogen-bond acceptors (Lipinski definition) is 3. The van der Waals surface area contributed by atoms with Gasteiger partial charge in [-0.2, -0.15) is 0 Å². The first-order chi connectivity index (χ1) is 14.1. The van der Waals surface area contributed by atoms with E-state index in [0.717, 1.165) is 24.1 Å². The van der Waals surface area contributed by atoms with Gasteiger partial charge in [0.1, 0.15) is 18.2 Å². The topological polar surface area (TPSA) is 63.2 Å². The molecule has 1 aliphatic rings. The minimum Gasteiger partial charge on any atom is -0.487 e. The van der Waals surface area contributed by atoms with Crippen LogP contribution >= 0.6 is 0 Å². The number of ether oxygens (including phenoxy) is 1. The number of hydrogen-bond donors (Lipinski definition) is 2. The number of carbonyl (C=O) groups is 1. The van der Waals surface area contributed by atoms with Crippen LogP contribution < -0.4 is 15.4 Å². The summed E-state index contributed by atoms with van der Waals surface area (Å²) in [6, 6.07) is 19.5. The first-order valence-electron chi connectivity index (χ1n) is 9.57. The van der Waals surface area contributed by atoms with Gasteiger partial charge in [-0.3, -0.25) is 4.98 Å². The Morgan fingerprint density at radius 1 is 1.07 bits per heavy atom. The Morgan fingerprint density at radius 2 is 1.90 bits per heavy atom. The number of urea groups is 1. The highest BCUT2D eigenvalue weighted by Gasteiger charge is 2.47. The molecule has 29 heavy (non-hydrogen) atoms. The van der Waals surface area contributed by atoms with Gasteiger partial charge in [0.05, 0.1) is 11.2 Å². The molecule has 0 spiro atoms. The largest absolute Gasteiger partial charge is 0.487 e. The molecule has 5 nitrogen and oxygen atoms in total. The van der Waals surface area contributed by atoms with Crippen LogP contribution in [0.5, 0.6) is 5.75 Å². The van der Waals surface area contributed by atoms with Crippen LogP contribution in [0.15, 0.2) is 72.9 Å². The van der Waals surface area contributed by atoms with Gasteiger partial charge < -0.3 is 15.4 Å². The Labute approximate surface area is 168 Å². The standard InChI is InChI=1S/C23H22FN3O2/c24-21-10-2-1-9-20(21)23(11-12-23)27-22(28)26-15-17-6-5-8-19(14-17)29-16-18-7-3-4-13-25-18/h1-10,13-14H,11-12,15-16H2,(H2,26,27,28). The summed E-state index contributed by atoms with van der Waals surface area (Å²) >= 11 is 0. The lowest BCUT2D eigenvalue weighted by molar-refractivity contribution is 0.235. The van der Waals surface area contributed by atoms with Gasteiger partial charge in [-0.25, -0.2) is 9.18 Å². The number of pyridine rings is 1. The van der Waals surface area contributed by atoms with Crippen LogP contribution in [0.4, 0.5) is 9.18 Å². The van der Waals surface area contributed by atoms with E-state index in [1.165, 1.54) is 6.07 Å². The number of rotatable bonds is 7. The maximum Gasteiger partial charge on any atom is 0.315 e. The van der Waals surface area contributed by atoms with Crippen molar-refractivity contribution in [3.05, 3.63) is 95.6 Å².